The summed E-state index contributed by atoms with van der Waals surface area (Å²) in [6.45, 7) is 7.43. The molecule has 0 unspecified atom stereocenters. The standard InChI is InChI=1S/C17H22ClNO4/c1-6-23-14(20)10-7-11-13(19-16(21)17(2,3)4)9-8-12(18)15(11)22-5/h7-10H,6H2,1-5H3,(H,19,21). The number of anilines is 1. The zero-order chi connectivity index (χ0) is 17.6. The van der Waals surface area contributed by atoms with E-state index < -0.39 is 11.4 Å². The molecule has 0 heterocycles. The number of methoxy groups -OCH3 is 1. The first kappa shape index (κ1) is 19.0. The van der Waals surface area contributed by atoms with Crippen molar-refractivity contribution in [2.24, 2.45) is 5.41 Å². The van der Waals surface area contributed by atoms with Gasteiger partial charge in [0.15, 0.2) is 0 Å². The van der Waals surface area contributed by atoms with E-state index >= 15 is 0 Å². The van der Waals surface area contributed by atoms with Crippen LogP contribution in [0.15, 0.2) is 18.2 Å². The second kappa shape index (κ2) is 8.02. The monoisotopic (exact) mass is 339 g/mol. The van der Waals surface area contributed by atoms with Crippen molar-refractivity contribution in [1.29, 1.82) is 0 Å². The zero-order valence-electron chi connectivity index (χ0n) is 14.0. The van der Waals surface area contributed by atoms with Crippen molar-refractivity contribution >= 4 is 35.2 Å². The maximum absolute atomic E-state index is 12.2. The van der Waals surface area contributed by atoms with Crippen molar-refractivity contribution in [1.82, 2.24) is 0 Å². The van der Waals surface area contributed by atoms with Gasteiger partial charge in [0.1, 0.15) is 5.75 Å². The molecule has 0 fully saturated rings. The quantitative estimate of drug-likeness (QED) is 0.652. The highest BCUT2D eigenvalue weighted by molar-refractivity contribution is 6.32. The van der Waals surface area contributed by atoms with E-state index in [0.717, 1.165) is 0 Å². The highest BCUT2D eigenvalue weighted by atomic mass is 35.5. The average molecular weight is 340 g/mol. The van der Waals surface area contributed by atoms with E-state index in [-0.39, 0.29) is 12.5 Å². The van der Waals surface area contributed by atoms with Crippen LogP contribution in [0.2, 0.25) is 5.02 Å². The molecule has 0 saturated carbocycles. The lowest BCUT2D eigenvalue weighted by Gasteiger charge is -2.20. The number of benzene rings is 1. The minimum atomic E-state index is -0.561. The van der Waals surface area contributed by atoms with Gasteiger partial charge in [-0.25, -0.2) is 4.79 Å². The number of hydrogen-bond acceptors (Lipinski definition) is 4. The molecule has 5 nitrogen and oxygen atoms in total. The number of halogens is 1. The van der Waals surface area contributed by atoms with Crippen molar-refractivity contribution in [3.05, 3.63) is 28.8 Å². The van der Waals surface area contributed by atoms with Crippen LogP contribution in [0.3, 0.4) is 0 Å². The van der Waals surface area contributed by atoms with Gasteiger partial charge >= 0.3 is 5.97 Å². The Balaban J connectivity index is 3.25. The first-order chi connectivity index (χ1) is 10.7. The van der Waals surface area contributed by atoms with Crippen LogP contribution in [0.1, 0.15) is 33.3 Å². The van der Waals surface area contributed by atoms with Gasteiger partial charge in [0.05, 0.1) is 24.4 Å². The van der Waals surface area contributed by atoms with E-state index in [1.54, 1.807) is 19.1 Å². The number of ether oxygens (including phenoxy) is 2. The number of carbonyl (C=O) groups excluding carboxylic acids is 2. The highest BCUT2D eigenvalue weighted by Crippen LogP contribution is 2.35. The molecule has 1 amide bonds. The molecule has 1 N–H and O–H groups in total. The second-order valence-corrected chi connectivity index (χ2v) is 6.24. The van der Waals surface area contributed by atoms with Gasteiger partial charge in [-0.1, -0.05) is 32.4 Å². The van der Waals surface area contributed by atoms with Gasteiger partial charge in [0.25, 0.3) is 0 Å². The van der Waals surface area contributed by atoms with Gasteiger partial charge in [0.2, 0.25) is 5.91 Å². The number of amides is 1. The lowest BCUT2D eigenvalue weighted by molar-refractivity contribution is -0.137. The largest absolute Gasteiger partial charge is 0.494 e. The van der Waals surface area contributed by atoms with Gasteiger partial charge < -0.3 is 14.8 Å². The summed E-state index contributed by atoms with van der Waals surface area (Å²) in [5.41, 5.74) is 0.451. The van der Waals surface area contributed by atoms with Crippen LogP contribution in [-0.2, 0) is 14.3 Å². The number of rotatable bonds is 5. The fourth-order valence-corrected chi connectivity index (χ4v) is 1.95. The minimum Gasteiger partial charge on any atom is -0.494 e. The minimum absolute atomic E-state index is 0.160. The Morgan fingerprint density at radius 3 is 2.48 bits per heavy atom. The fraction of sp³-hybridized carbons (Fsp3) is 0.412. The Morgan fingerprint density at radius 1 is 1.30 bits per heavy atom. The van der Waals surface area contributed by atoms with E-state index in [0.29, 0.717) is 22.0 Å². The summed E-state index contributed by atoms with van der Waals surface area (Å²) in [6.07, 6.45) is 2.78. The Bertz CT molecular complexity index is 618. The summed E-state index contributed by atoms with van der Waals surface area (Å²) >= 11 is 6.12. The fourth-order valence-electron chi connectivity index (χ4n) is 1.71. The van der Waals surface area contributed by atoms with Crippen molar-refractivity contribution in [3.63, 3.8) is 0 Å². The van der Waals surface area contributed by atoms with Gasteiger partial charge in [-0.05, 0) is 25.1 Å². The summed E-state index contributed by atoms with van der Waals surface area (Å²) in [5, 5.41) is 3.21. The van der Waals surface area contributed by atoms with Crippen molar-refractivity contribution in [3.8, 4) is 5.75 Å². The summed E-state index contributed by atoms with van der Waals surface area (Å²) in [6, 6.07) is 3.29. The molecule has 1 rings (SSSR count). The average Bonchev–Trinajstić information content (AvgIpc) is 2.46. The van der Waals surface area contributed by atoms with Gasteiger partial charge in [-0.15, -0.1) is 0 Å². The molecule has 0 aromatic heterocycles. The summed E-state index contributed by atoms with van der Waals surface area (Å²) in [4.78, 5) is 23.7. The summed E-state index contributed by atoms with van der Waals surface area (Å²) in [7, 11) is 1.47. The Labute approximate surface area is 141 Å². The van der Waals surface area contributed by atoms with Crippen LogP contribution >= 0.6 is 11.6 Å². The molecular weight excluding hydrogens is 318 g/mol. The Morgan fingerprint density at radius 2 is 1.96 bits per heavy atom. The smallest absolute Gasteiger partial charge is 0.330 e. The van der Waals surface area contributed by atoms with Crippen LogP contribution in [0.5, 0.6) is 5.75 Å². The predicted octanol–water partition coefficient (Wildman–Crippen LogP) is 3.91. The van der Waals surface area contributed by atoms with E-state index in [1.807, 2.05) is 20.8 Å². The molecule has 0 atom stereocenters. The lowest BCUT2D eigenvalue weighted by Crippen LogP contribution is -2.28. The Kier molecular flexibility index (Phi) is 6.63. The van der Waals surface area contributed by atoms with Crippen molar-refractivity contribution < 1.29 is 19.1 Å². The second-order valence-electron chi connectivity index (χ2n) is 5.83. The van der Waals surface area contributed by atoms with E-state index in [2.05, 4.69) is 5.32 Å². The van der Waals surface area contributed by atoms with Gasteiger partial charge in [-0.3, -0.25) is 4.79 Å². The number of hydrogen-bond donors (Lipinski definition) is 1. The van der Waals surface area contributed by atoms with E-state index in [9.17, 15) is 9.59 Å². The van der Waals surface area contributed by atoms with Crippen LogP contribution in [0.25, 0.3) is 6.08 Å². The summed E-state index contributed by atoms with van der Waals surface area (Å²) in [5.74, 6) is -0.269. The Hall–Kier alpha value is -2.01. The number of carbonyl (C=O) groups is 2. The third kappa shape index (κ3) is 5.28. The predicted molar refractivity (Wildman–Crippen MR) is 91.8 cm³/mol. The number of esters is 1. The lowest BCUT2D eigenvalue weighted by atomic mass is 9.95. The van der Waals surface area contributed by atoms with Crippen LogP contribution < -0.4 is 10.1 Å². The molecule has 1 aromatic carbocycles. The molecule has 0 saturated heterocycles. The topological polar surface area (TPSA) is 64.6 Å². The molecule has 0 spiro atoms. The third-order valence-corrected chi connectivity index (χ3v) is 3.25. The molecule has 23 heavy (non-hydrogen) atoms. The molecule has 0 bridgehead atoms. The highest BCUT2D eigenvalue weighted by Gasteiger charge is 2.23. The molecular formula is C17H22ClNO4. The maximum Gasteiger partial charge on any atom is 0.330 e. The zero-order valence-corrected chi connectivity index (χ0v) is 14.8. The van der Waals surface area contributed by atoms with Gasteiger partial charge in [-0.2, -0.15) is 0 Å². The van der Waals surface area contributed by atoms with Gasteiger partial charge in [0, 0.05) is 17.1 Å². The first-order valence-electron chi connectivity index (χ1n) is 7.23. The molecule has 6 heteroatoms. The molecule has 126 valence electrons. The first-order valence-corrected chi connectivity index (χ1v) is 7.61. The summed E-state index contributed by atoms with van der Waals surface area (Å²) < 4.78 is 10.1. The maximum atomic E-state index is 12.2. The van der Waals surface area contributed by atoms with Crippen LogP contribution in [0.4, 0.5) is 5.69 Å². The van der Waals surface area contributed by atoms with Crippen LogP contribution in [0, 0.1) is 5.41 Å². The van der Waals surface area contributed by atoms with Crippen molar-refractivity contribution in [2.45, 2.75) is 27.7 Å². The van der Waals surface area contributed by atoms with Crippen molar-refractivity contribution in [2.75, 3.05) is 19.0 Å². The van der Waals surface area contributed by atoms with E-state index in [4.69, 9.17) is 21.1 Å². The SMILES string of the molecule is CCOC(=O)C=Cc1c(NC(=O)C(C)(C)C)ccc(Cl)c1OC. The van der Waals surface area contributed by atoms with Crippen LogP contribution in [-0.4, -0.2) is 25.6 Å². The van der Waals surface area contributed by atoms with E-state index in [1.165, 1.54) is 19.3 Å². The third-order valence-electron chi connectivity index (χ3n) is 2.95. The number of nitrogens with one attached hydrogen (secondary N) is 1. The normalized spacial score (nSPS) is 11.4. The molecule has 0 aliphatic heterocycles. The molecule has 0 aliphatic carbocycles. The molecule has 0 radical (unpaired) electrons. The molecule has 0 aliphatic rings. The molecule has 1 aromatic rings.